The lowest BCUT2D eigenvalue weighted by atomic mass is 10.1. The zero-order valence-corrected chi connectivity index (χ0v) is 6.86. The van der Waals surface area contributed by atoms with Crippen LogP contribution < -0.4 is 11.5 Å². The van der Waals surface area contributed by atoms with E-state index in [1.165, 1.54) is 0 Å². The summed E-state index contributed by atoms with van der Waals surface area (Å²) in [5.74, 6) is -1.99. The van der Waals surface area contributed by atoms with Gasteiger partial charge in [0.1, 0.15) is 5.69 Å². The van der Waals surface area contributed by atoms with Crippen LogP contribution in [0.5, 0.6) is 0 Å². The van der Waals surface area contributed by atoms with Gasteiger partial charge in [-0.2, -0.15) is 0 Å². The topological polar surface area (TPSA) is 112 Å². The summed E-state index contributed by atoms with van der Waals surface area (Å²) in [5.41, 5.74) is 8.35. The predicted octanol–water partition coefficient (Wildman–Crippen LogP) is 0.415. The zero-order valence-electron chi connectivity index (χ0n) is 6.86. The molecule has 6 nitrogen and oxygen atoms in total. The summed E-state index contributed by atoms with van der Waals surface area (Å²) in [6, 6.07) is 1.59. The van der Waals surface area contributed by atoms with Crippen LogP contribution in [0.3, 0.4) is 0 Å². The fraction of sp³-hybridized carbons (Fsp3) is 0. The number of nitrogen functional groups attached to an aromatic ring is 1. The number of hydrogen-bond acceptors (Lipinski definition) is 4. The summed E-state index contributed by atoms with van der Waals surface area (Å²) in [5, 5.41) is 10.4. The summed E-state index contributed by atoms with van der Waals surface area (Å²) in [7, 11) is 0. The molecule has 0 aliphatic rings. The molecular formula is C7H6FN3O3. The van der Waals surface area contributed by atoms with E-state index in [9.17, 15) is 19.3 Å². The molecule has 0 heterocycles. The lowest BCUT2D eigenvalue weighted by molar-refractivity contribution is -0.384. The Morgan fingerprint density at radius 3 is 2.50 bits per heavy atom. The molecule has 14 heavy (non-hydrogen) atoms. The van der Waals surface area contributed by atoms with Gasteiger partial charge in [0.25, 0.3) is 5.69 Å². The van der Waals surface area contributed by atoms with Crippen LogP contribution in [0.25, 0.3) is 0 Å². The van der Waals surface area contributed by atoms with Crippen molar-refractivity contribution < 1.29 is 14.1 Å². The van der Waals surface area contributed by atoms with E-state index in [1.54, 1.807) is 0 Å². The van der Waals surface area contributed by atoms with Crippen molar-refractivity contribution in [3.8, 4) is 0 Å². The van der Waals surface area contributed by atoms with Gasteiger partial charge in [-0.1, -0.05) is 0 Å². The average Bonchev–Trinajstić information content (AvgIpc) is 2.08. The number of halogens is 1. The number of nitro benzene ring substituents is 1. The Morgan fingerprint density at radius 2 is 2.07 bits per heavy atom. The SMILES string of the molecule is NC(=O)c1cc(F)c(N)c([N+](=O)[O-])c1. The van der Waals surface area contributed by atoms with Crippen molar-refractivity contribution in [1.82, 2.24) is 0 Å². The fourth-order valence-electron chi connectivity index (χ4n) is 0.897. The molecule has 0 fully saturated rings. The summed E-state index contributed by atoms with van der Waals surface area (Å²) in [6.45, 7) is 0. The number of nitrogens with two attached hydrogens (primary N) is 2. The van der Waals surface area contributed by atoms with Crippen molar-refractivity contribution in [2.45, 2.75) is 0 Å². The molecule has 1 rings (SSSR count). The number of rotatable bonds is 2. The van der Waals surface area contributed by atoms with Crippen LogP contribution in [-0.4, -0.2) is 10.8 Å². The van der Waals surface area contributed by atoms with Crippen molar-refractivity contribution in [1.29, 1.82) is 0 Å². The van der Waals surface area contributed by atoms with Gasteiger partial charge in [-0.15, -0.1) is 0 Å². The molecule has 1 amide bonds. The molecule has 0 unspecified atom stereocenters. The number of anilines is 1. The standard InChI is InChI=1S/C7H6FN3O3/c8-4-1-3(7(10)12)2-5(6(4)9)11(13)14/h1-2H,9H2,(H2,10,12). The monoisotopic (exact) mass is 199 g/mol. The lowest BCUT2D eigenvalue weighted by Gasteiger charge is -2.00. The van der Waals surface area contributed by atoms with Crippen LogP contribution in [0.1, 0.15) is 10.4 Å². The number of nitro groups is 1. The van der Waals surface area contributed by atoms with E-state index in [1.807, 2.05) is 0 Å². The van der Waals surface area contributed by atoms with E-state index in [0.29, 0.717) is 0 Å². The van der Waals surface area contributed by atoms with E-state index in [2.05, 4.69) is 0 Å². The molecule has 0 aliphatic heterocycles. The first kappa shape index (κ1) is 9.90. The van der Waals surface area contributed by atoms with Crippen molar-refractivity contribution in [3.05, 3.63) is 33.6 Å². The summed E-state index contributed by atoms with van der Waals surface area (Å²) in [4.78, 5) is 20.1. The van der Waals surface area contributed by atoms with Gasteiger partial charge in [-0.3, -0.25) is 14.9 Å². The Balaban J connectivity index is 3.43. The highest BCUT2D eigenvalue weighted by Crippen LogP contribution is 2.25. The van der Waals surface area contributed by atoms with E-state index >= 15 is 0 Å². The van der Waals surface area contributed by atoms with Gasteiger partial charge in [0.2, 0.25) is 5.91 Å². The molecule has 0 radical (unpaired) electrons. The van der Waals surface area contributed by atoms with Gasteiger partial charge in [0.05, 0.1) is 4.92 Å². The molecule has 4 N–H and O–H groups in total. The molecule has 74 valence electrons. The Bertz CT molecular complexity index is 419. The highest BCUT2D eigenvalue weighted by atomic mass is 19.1. The first-order valence-electron chi connectivity index (χ1n) is 3.46. The Labute approximate surface area is 77.5 Å². The molecule has 0 bridgehead atoms. The molecule has 1 aromatic rings. The second-order valence-corrected chi connectivity index (χ2v) is 2.51. The third-order valence-corrected chi connectivity index (χ3v) is 1.59. The number of benzene rings is 1. The number of carbonyl (C=O) groups is 1. The van der Waals surface area contributed by atoms with Crippen molar-refractivity contribution in [2.75, 3.05) is 5.73 Å². The molecular weight excluding hydrogens is 193 g/mol. The number of hydrogen-bond donors (Lipinski definition) is 2. The van der Waals surface area contributed by atoms with Crippen LogP contribution >= 0.6 is 0 Å². The largest absolute Gasteiger partial charge is 0.391 e. The zero-order chi connectivity index (χ0) is 10.9. The summed E-state index contributed by atoms with van der Waals surface area (Å²) in [6.07, 6.45) is 0. The maximum absolute atomic E-state index is 12.9. The van der Waals surface area contributed by atoms with Crippen molar-refractivity contribution >= 4 is 17.3 Å². The van der Waals surface area contributed by atoms with Crippen LogP contribution in [0.4, 0.5) is 15.8 Å². The van der Waals surface area contributed by atoms with Crippen LogP contribution in [0.15, 0.2) is 12.1 Å². The summed E-state index contributed by atoms with van der Waals surface area (Å²) >= 11 is 0. The third-order valence-electron chi connectivity index (χ3n) is 1.59. The third kappa shape index (κ3) is 1.60. The van der Waals surface area contributed by atoms with E-state index in [4.69, 9.17) is 11.5 Å². The average molecular weight is 199 g/mol. The molecule has 0 aromatic heterocycles. The van der Waals surface area contributed by atoms with Gasteiger partial charge < -0.3 is 11.5 Å². The first-order valence-corrected chi connectivity index (χ1v) is 3.46. The van der Waals surface area contributed by atoms with Crippen LogP contribution in [-0.2, 0) is 0 Å². The number of nitrogens with zero attached hydrogens (tertiary/aromatic N) is 1. The van der Waals surface area contributed by atoms with Crippen molar-refractivity contribution in [2.24, 2.45) is 5.73 Å². The van der Waals surface area contributed by atoms with Gasteiger partial charge in [0, 0.05) is 11.6 Å². The number of carbonyl (C=O) groups excluding carboxylic acids is 1. The van der Waals surface area contributed by atoms with Crippen LogP contribution in [0.2, 0.25) is 0 Å². The molecule has 7 heteroatoms. The normalized spacial score (nSPS) is 9.79. The van der Waals surface area contributed by atoms with Gasteiger partial charge in [0.15, 0.2) is 5.82 Å². The molecule has 0 saturated heterocycles. The number of amides is 1. The highest BCUT2D eigenvalue weighted by Gasteiger charge is 2.18. The Hall–Kier alpha value is -2.18. The van der Waals surface area contributed by atoms with Crippen LogP contribution in [0, 0.1) is 15.9 Å². The molecule has 1 aromatic carbocycles. The second kappa shape index (κ2) is 3.29. The minimum atomic E-state index is -1.03. The van der Waals surface area contributed by atoms with E-state index in [-0.39, 0.29) is 5.56 Å². The first-order chi connectivity index (χ1) is 6.43. The summed E-state index contributed by atoms with van der Waals surface area (Å²) < 4.78 is 12.9. The second-order valence-electron chi connectivity index (χ2n) is 2.51. The maximum Gasteiger partial charge on any atom is 0.295 e. The smallest absolute Gasteiger partial charge is 0.295 e. The lowest BCUT2D eigenvalue weighted by Crippen LogP contribution is -2.12. The van der Waals surface area contributed by atoms with Gasteiger partial charge in [-0.05, 0) is 6.07 Å². The van der Waals surface area contributed by atoms with Crippen molar-refractivity contribution in [3.63, 3.8) is 0 Å². The minimum Gasteiger partial charge on any atom is -0.391 e. The Kier molecular flexibility index (Phi) is 2.32. The molecule has 0 saturated carbocycles. The number of primary amides is 1. The van der Waals surface area contributed by atoms with E-state index < -0.39 is 28.0 Å². The maximum atomic E-state index is 12.9. The highest BCUT2D eigenvalue weighted by molar-refractivity contribution is 5.94. The van der Waals surface area contributed by atoms with Gasteiger partial charge >= 0.3 is 0 Å². The predicted molar refractivity (Wildman–Crippen MR) is 46.0 cm³/mol. The molecule has 0 atom stereocenters. The molecule has 0 aliphatic carbocycles. The minimum absolute atomic E-state index is 0.289. The van der Waals surface area contributed by atoms with Gasteiger partial charge in [-0.25, -0.2) is 4.39 Å². The Morgan fingerprint density at radius 1 is 1.50 bits per heavy atom. The fourth-order valence-corrected chi connectivity index (χ4v) is 0.897. The van der Waals surface area contributed by atoms with E-state index in [0.717, 1.165) is 12.1 Å². The molecule has 0 spiro atoms. The quantitative estimate of drug-likeness (QED) is 0.408.